The fourth-order valence-electron chi connectivity index (χ4n) is 4.26. The summed E-state index contributed by atoms with van der Waals surface area (Å²) in [7, 11) is 1.38. The molecule has 0 amide bonds. The number of carbonyl (C=O) groups excluding carboxylic acids is 1. The SMILES string of the molecule is CCNC(CC1CC2CCC1C2)c1ccc(C(=O)OC)o1. The van der Waals surface area contributed by atoms with E-state index in [4.69, 9.17) is 9.15 Å². The predicted molar refractivity (Wildman–Crippen MR) is 80.0 cm³/mol. The third-order valence-corrected chi connectivity index (χ3v) is 5.23. The fraction of sp³-hybridized carbons (Fsp3) is 0.706. The first-order chi connectivity index (χ1) is 10.2. The molecule has 0 radical (unpaired) electrons. The van der Waals surface area contributed by atoms with Crippen LogP contribution in [0.15, 0.2) is 16.5 Å². The van der Waals surface area contributed by atoms with Crippen molar-refractivity contribution >= 4 is 5.97 Å². The van der Waals surface area contributed by atoms with Crippen molar-refractivity contribution in [2.45, 2.75) is 45.1 Å². The summed E-state index contributed by atoms with van der Waals surface area (Å²) in [5, 5.41) is 3.51. The van der Waals surface area contributed by atoms with Gasteiger partial charge >= 0.3 is 5.97 Å². The van der Waals surface area contributed by atoms with Crippen LogP contribution in [0.3, 0.4) is 0 Å². The van der Waals surface area contributed by atoms with Gasteiger partial charge in [-0.2, -0.15) is 0 Å². The van der Waals surface area contributed by atoms with Gasteiger partial charge in [-0.05, 0) is 62.1 Å². The van der Waals surface area contributed by atoms with Crippen molar-refractivity contribution in [1.29, 1.82) is 0 Å². The number of hydrogen-bond donors (Lipinski definition) is 1. The van der Waals surface area contributed by atoms with Gasteiger partial charge < -0.3 is 14.5 Å². The molecule has 2 saturated carbocycles. The Kier molecular flexibility index (Phi) is 4.34. The first-order valence-corrected chi connectivity index (χ1v) is 8.12. The van der Waals surface area contributed by atoms with Crippen LogP contribution in [0.2, 0.25) is 0 Å². The number of esters is 1. The van der Waals surface area contributed by atoms with Crippen molar-refractivity contribution in [3.63, 3.8) is 0 Å². The Hall–Kier alpha value is -1.29. The van der Waals surface area contributed by atoms with Crippen molar-refractivity contribution in [1.82, 2.24) is 5.32 Å². The number of carbonyl (C=O) groups is 1. The first-order valence-electron chi connectivity index (χ1n) is 8.12. The van der Waals surface area contributed by atoms with Crippen LogP contribution in [0, 0.1) is 17.8 Å². The molecule has 2 aliphatic rings. The third-order valence-electron chi connectivity index (χ3n) is 5.23. The molecule has 0 aromatic carbocycles. The molecule has 1 heterocycles. The predicted octanol–water partition coefficient (Wildman–Crippen LogP) is 3.54. The van der Waals surface area contributed by atoms with E-state index in [0.717, 1.165) is 36.5 Å². The topological polar surface area (TPSA) is 51.5 Å². The minimum atomic E-state index is -0.406. The number of hydrogen-bond acceptors (Lipinski definition) is 4. The highest BCUT2D eigenvalue weighted by Crippen LogP contribution is 2.51. The molecule has 4 atom stereocenters. The standard InChI is InChI=1S/C17H25NO3/c1-3-18-14(10-13-9-11-4-5-12(13)8-11)15-6-7-16(21-15)17(19)20-2/h6-7,11-14,18H,3-5,8-10H2,1-2H3. The molecular formula is C17H25NO3. The average Bonchev–Trinajstić information content (AvgIpc) is 3.21. The molecule has 0 spiro atoms. The van der Waals surface area contributed by atoms with Crippen molar-refractivity contribution in [2.24, 2.45) is 17.8 Å². The van der Waals surface area contributed by atoms with Gasteiger partial charge in [0.05, 0.1) is 13.2 Å². The lowest BCUT2D eigenvalue weighted by Crippen LogP contribution is -2.25. The van der Waals surface area contributed by atoms with Gasteiger partial charge in [0, 0.05) is 0 Å². The van der Waals surface area contributed by atoms with Crippen molar-refractivity contribution in [3.8, 4) is 0 Å². The van der Waals surface area contributed by atoms with Gasteiger partial charge in [-0.1, -0.05) is 13.3 Å². The highest BCUT2D eigenvalue weighted by Gasteiger charge is 2.40. The third kappa shape index (κ3) is 3.00. The average molecular weight is 291 g/mol. The Morgan fingerprint density at radius 2 is 2.29 bits per heavy atom. The summed E-state index contributed by atoms with van der Waals surface area (Å²) >= 11 is 0. The van der Waals surface area contributed by atoms with Crippen LogP contribution in [0.25, 0.3) is 0 Å². The Morgan fingerprint density at radius 1 is 1.43 bits per heavy atom. The summed E-state index contributed by atoms with van der Waals surface area (Å²) in [6.45, 7) is 3.01. The minimum absolute atomic E-state index is 0.206. The molecule has 4 unspecified atom stereocenters. The molecule has 1 aromatic rings. The second-order valence-electron chi connectivity index (χ2n) is 6.47. The number of nitrogens with one attached hydrogen (secondary N) is 1. The number of fused-ring (bicyclic) bond motifs is 2. The molecule has 0 aliphatic heterocycles. The van der Waals surface area contributed by atoms with Crippen molar-refractivity contribution in [3.05, 3.63) is 23.7 Å². The van der Waals surface area contributed by atoms with Gasteiger partial charge in [0.1, 0.15) is 5.76 Å². The molecule has 4 heteroatoms. The summed E-state index contributed by atoms with van der Waals surface area (Å²) in [5.74, 6) is 3.43. The lowest BCUT2D eigenvalue weighted by Gasteiger charge is -2.26. The van der Waals surface area contributed by atoms with Gasteiger partial charge in [-0.25, -0.2) is 4.79 Å². The lowest BCUT2D eigenvalue weighted by atomic mass is 9.84. The molecule has 1 aromatic heterocycles. The fourth-order valence-corrected chi connectivity index (χ4v) is 4.26. The Balaban J connectivity index is 1.69. The smallest absolute Gasteiger partial charge is 0.373 e. The lowest BCUT2D eigenvalue weighted by molar-refractivity contribution is 0.0561. The maximum atomic E-state index is 11.5. The van der Waals surface area contributed by atoms with E-state index in [9.17, 15) is 4.79 Å². The maximum Gasteiger partial charge on any atom is 0.373 e. The largest absolute Gasteiger partial charge is 0.463 e. The molecule has 4 nitrogen and oxygen atoms in total. The molecule has 2 aliphatic carbocycles. The molecule has 3 rings (SSSR count). The molecule has 1 N–H and O–H groups in total. The van der Waals surface area contributed by atoms with E-state index in [1.54, 1.807) is 6.07 Å². The molecule has 21 heavy (non-hydrogen) atoms. The van der Waals surface area contributed by atoms with Gasteiger partial charge in [-0.3, -0.25) is 0 Å². The Morgan fingerprint density at radius 3 is 2.90 bits per heavy atom. The summed E-state index contributed by atoms with van der Waals surface area (Å²) in [6, 6.07) is 3.83. The zero-order chi connectivity index (χ0) is 14.8. The van der Waals surface area contributed by atoms with Gasteiger partial charge in [0.15, 0.2) is 0 Å². The van der Waals surface area contributed by atoms with E-state index < -0.39 is 5.97 Å². The van der Waals surface area contributed by atoms with E-state index in [1.807, 2.05) is 6.07 Å². The van der Waals surface area contributed by atoms with E-state index in [2.05, 4.69) is 12.2 Å². The van der Waals surface area contributed by atoms with Crippen LogP contribution in [0.1, 0.15) is 61.4 Å². The zero-order valence-electron chi connectivity index (χ0n) is 12.9. The van der Waals surface area contributed by atoms with Crippen LogP contribution in [-0.2, 0) is 4.74 Å². The molecule has 0 saturated heterocycles. The molecule has 2 bridgehead atoms. The number of methoxy groups -OCH3 is 1. The van der Waals surface area contributed by atoms with Crippen molar-refractivity contribution in [2.75, 3.05) is 13.7 Å². The van der Waals surface area contributed by atoms with Crippen molar-refractivity contribution < 1.29 is 13.9 Å². The van der Waals surface area contributed by atoms with Gasteiger partial charge in [0.2, 0.25) is 5.76 Å². The second-order valence-corrected chi connectivity index (χ2v) is 6.47. The summed E-state index contributed by atoms with van der Waals surface area (Å²) < 4.78 is 10.4. The summed E-state index contributed by atoms with van der Waals surface area (Å²) in [4.78, 5) is 11.5. The normalized spacial score (nSPS) is 28.8. The van der Waals surface area contributed by atoms with Crippen LogP contribution < -0.4 is 5.32 Å². The zero-order valence-corrected chi connectivity index (χ0v) is 12.9. The molecular weight excluding hydrogens is 266 g/mol. The number of ether oxygens (including phenoxy) is 1. The van der Waals surface area contributed by atoms with E-state index in [1.165, 1.54) is 32.8 Å². The number of furan rings is 1. The van der Waals surface area contributed by atoms with Crippen LogP contribution in [0.5, 0.6) is 0 Å². The maximum absolute atomic E-state index is 11.5. The van der Waals surface area contributed by atoms with E-state index in [-0.39, 0.29) is 6.04 Å². The molecule has 2 fully saturated rings. The highest BCUT2D eigenvalue weighted by atomic mass is 16.5. The highest BCUT2D eigenvalue weighted by molar-refractivity contribution is 5.86. The Bertz CT molecular complexity index is 496. The molecule has 116 valence electrons. The minimum Gasteiger partial charge on any atom is -0.463 e. The van der Waals surface area contributed by atoms with E-state index >= 15 is 0 Å². The Labute approximate surface area is 126 Å². The van der Waals surface area contributed by atoms with Crippen LogP contribution >= 0.6 is 0 Å². The van der Waals surface area contributed by atoms with Gasteiger partial charge in [0.25, 0.3) is 0 Å². The number of rotatable bonds is 6. The van der Waals surface area contributed by atoms with Gasteiger partial charge in [-0.15, -0.1) is 0 Å². The quantitative estimate of drug-likeness (QED) is 0.814. The second kappa shape index (κ2) is 6.22. The first kappa shape index (κ1) is 14.6. The van der Waals surface area contributed by atoms with E-state index in [0.29, 0.717) is 5.76 Å². The van der Waals surface area contributed by atoms with Crippen LogP contribution in [0.4, 0.5) is 0 Å². The monoisotopic (exact) mass is 291 g/mol. The summed E-state index contributed by atoms with van der Waals surface area (Å²) in [5.41, 5.74) is 0. The summed E-state index contributed by atoms with van der Waals surface area (Å²) in [6.07, 6.45) is 6.75. The van der Waals surface area contributed by atoms with Crippen LogP contribution in [-0.4, -0.2) is 19.6 Å².